The summed E-state index contributed by atoms with van der Waals surface area (Å²) in [7, 11) is 0. The van der Waals surface area contributed by atoms with Gasteiger partial charge in [0.2, 0.25) is 0 Å². The average molecular weight is 295 g/mol. The molecule has 21 heavy (non-hydrogen) atoms. The van der Waals surface area contributed by atoms with Crippen molar-refractivity contribution in [2.75, 3.05) is 0 Å². The summed E-state index contributed by atoms with van der Waals surface area (Å²) in [4.78, 5) is 0. The molecular formula is C16H16F3NO. The second-order valence-corrected chi connectivity index (χ2v) is 6.25. The molecule has 0 heterocycles. The molecule has 0 saturated heterocycles. The molecule has 0 spiro atoms. The van der Waals surface area contributed by atoms with E-state index in [9.17, 15) is 23.5 Å². The number of rotatable bonds is 2. The van der Waals surface area contributed by atoms with E-state index in [1.54, 1.807) is 0 Å². The maximum absolute atomic E-state index is 12.6. The molecule has 2 fully saturated rings. The lowest BCUT2D eigenvalue weighted by molar-refractivity contribution is -0.137. The van der Waals surface area contributed by atoms with Gasteiger partial charge in [0, 0.05) is 0 Å². The predicted molar refractivity (Wildman–Crippen MR) is 69.9 cm³/mol. The summed E-state index contributed by atoms with van der Waals surface area (Å²) >= 11 is 0. The molecule has 1 aromatic carbocycles. The van der Waals surface area contributed by atoms with Gasteiger partial charge in [-0.1, -0.05) is 18.6 Å². The fraction of sp³-hybridized carbons (Fsp3) is 0.562. The Labute approximate surface area is 121 Å². The zero-order chi connectivity index (χ0) is 15.3. The lowest BCUT2D eigenvalue weighted by Crippen LogP contribution is -2.33. The van der Waals surface area contributed by atoms with Crippen molar-refractivity contribution in [1.82, 2.24) is 0 Å². The standard InChI is InChI=1S/C16H16F3NO/c17-16(18,19)12-5-2-11(3-6-12)14(21)15(9-20)8-10-1-4-13(15)7-10/h2-3,5-6,10,13-14,21H,1,4,7-8H2. The Balaban J connectivity index is 1.88. The van der Waals surface area contributed by atoms with E-state index in [1.165, 1.54) is 12.1 Å². The van der Waals surface area contributed by atoms with Crippen molar-refractivity contribution in [3.8, 4) is 6.07 Å². The molecule has 3 rings (SSSR count). The molecule has 1 aromatic rings. The van der Waals surface area contributed by atoms with Crippen molar-refractivity contribution in [1.29, 1.82) is 5.26 Å². The Morgan fingerprint density at radius 3 is 2.33 bits per heavy atom. The van der Waals surface area contributed by atoms with E-state index in [-0.39, 0.29) is 5.92 Å². The molecule has 4 unspecified atom stereocenters. The highest BCUT2D eigenvalue weighted by atomic mass is 19.4. The number of fused-ring (bicyclic) bond motifs is 2. The number of hydrogen-bond donors (Lipinski definition) is 1. The number of nitrogens with zero attached hydrogens (tertiary/aromatic N) is 1. The molecule has 4 atom stereocenters. The first kappa shape index (κ1) is 14.4. The Morgan fingerprint density at radius 2 is 1.90 bits per heavy atom. The summed E-state index contributed by atoms with van der Waals surface area (Å²) < 4.78 is 37.7. The first-order valence-electron chi connectivity index (χ1n) is 7.13. The lowest BCUT2D eigenvalue weighted by atomic mass is 9.68. The largest absolute Gasteiger partial charge is 0.416 e. The zero-order valence-corrected chi connectivity index (χ0v) is 11.4. The molecule has 0 aromatic heterocycles. The highest BCUT2D eigenvalue weighted by molar-refractivity contribution is 5.30. The maximum atomic E-state index is 12.6. The van der Waals surface area contributed by atoms with Crippen LogP contribution < -0.4 is 0 Å². The second kappa shape index (κ2) is 4.74. The van der Waals surface area contributed by atoms with E-state index < -0.39 is 23.3 Å². The fourth-order valence-corrected chi connectivity index (χ4v) is 4.06. The first-order valence-corrected chi connectivity index (χ1v) is 7.13. The van der Waals surface area contributed by atoms with E-state index in [0.29, 0.717) is 17.9 Å². The highest BCUT2D eigenvalue weighted by Crippen LogP contribution is 2.60. The normalized spacial score (nSPS) is 32.9. The average Bonchev–Trinajstić information content (AvgIpc) is 3.06. The van der Waals surface area contributed by atoms with Crippen molar-refractivity contribution < 1.29 is 18.3 Å². The van der Waals surface area contributed by atoms with Gasteiger partial charge in [-0.25, -0.2) is 0 Å². The molecule has 2 aliphatic carbocycles. The summed E-state index contributed by atoms with van der Waals surface area (Å²) in [5.41, 5.74) is -1.17. The van der Waals surface area contributed by atoms with Crippen LogP contribution in [0.4, 0.5) is 13.2 Å². The van der Waals surface area contributed by atoms with Crippen LogP contribution in [-0.4, -0.2) is 5.11 Å². The van der Waals surface area contributed by atoms with Crippen LogP contribution in [0, 0.1) is 28.6 Å². The van der Waals surface area contributed by atoms with Crippen LogP contribution >= 0.6 is 0 Å². The van der Waals surface area contributed by atoms with Gasteiger partial charge in [-0.05, 0) is 48.8 Å². The summed E-state index contributed by atoms with van der Waals surface area (Å²) in [6.07, 6.45) is -1.78. The number of alkyl halides is 3. The van der Waals surface area contributed by atoms with E-state index in [1.807, 2.05) is 0 Å². The van der Waals surface area contributed by atoms with Crippen LogP contribution in [-0.2, 0) is 6.18 Å². The summed E-state index contributed by atoms with van der Waals surface area (Å²) in [5.74, 6) is 0.628. The van der Waals surface area contributed by atoms with E-state index in [0.717, 1.165) is 31.4 Å². The van der Waals surface area contributed by atoms with Crippen LogP contribution in [0.5, 0.6) is 0 Å². The Kier molecular flexibility index (Phi) is 3.25. The molecule has 112 valence electrons. The molecule has 2 saturated carbocycles. The van der Waals surface area contributed by atoms with Crippen molar-refractivity contribution in [3.63, 3.8) is 0 Å². The van der Waals surface area contributed by atoms with Gasteiger partial charge in [-0.15, -0.1) is 0 Å². The van der Waals surface area contributed by atoms with Crippen molar-refractivity contribution in [3.05, 3.63) is 35.4 Å². The van der Waals surface area contributed by atoms with Crippen molar-refractivity contribution in [2.45, 2.75) is 38.0 Å². The molecule has 0 radical (unpaired) electrons. The van der Waals surface area contributed by atoms with Gasteiger partial charge >= 0.3 is 6.18 Å². The molecule has 2 aliphatic rings. The van der Waals surface area contributed by atoms with Gasteiger partial charge in [0.25, 0.3) is 0 Å². The van der Waals surface area contributed by atoms with Crippen LogP contribution in [0.2, 0.25) is 0 Å². The summed E-state index contributed by atoms with van der Waals surface area (Å²) in [6, 6.07) is 6.80. The molecular weight excluding hydrogens is 279 g/mol. The van der Waals surface area contributed by atoms with Gasteiger partial charge in [0.15, 0.2) is 0 Å². The van der Waals surface area contributed by atoms with Crippen molar-refractivity contribution >= 4 is 0 Å². The Hall–Kier alpha value is -1.54. The van der Waals surface area contributed by atoms with Crippen LogP contribution in [0.15, 0.2) is 24.3 Å². The number of benzene rings is 1. The van der Waals surface area contributed by atoms with Gasteiger partial charge in [0.1, 0.15) is 0 Å². The minimum absolute atomic E-state index is 0.157. The predicted octanol–water partition coefficient (Wildman–Crippen LogP) is 4.07. The topological polar surface area (TPSA) is 44.0 Å². The summed E-state index contributed by atoms with van der Waals surface area (Å²) in [6.45, 7) is 0. The third-order valence-electron chi connectivity index (χ3n) is 5.15. The zero-order valence-electron chi connectivity index (χ0n) is 11.4. The van der Waals surface area contributed by atoms with Crippen LogP contribution in [0.25, 0.3) is 0 Å². The number of nitriles is 1. The minimum atomic E-state index is -4.39. The summed E-state index contributed by atoms with van der Waals surface area (Å²) in [5, 5.41) is 20.1. The lowest BCUT2D eigenvalue weighted by Gasteiger charge is -2.35. The molecule has 2 nitrogen and oxygen atoms in total. The number of aliphatic hydroxyl groups is 1. The van der Waals surface area contributed by atoms with E-state index in [2.05, 4.69) is 6.07 Å². The number of aliphatic hydroxyl groups excluding tert-OH is 1. The van der Waals surface area contributed by atoms with Crippen LogP contribution in [0.3, 0.4) is 0 Å². The number of hydrogen-bond acceptors (Lipinski definition) is 2. The minimum Gasteiger partial charge on any atom is -0.387 e. The van der Waals surface area contributed by atoms with Crippen molar-refractivity contribution in [2.24, 2.45) is 17.3 Å². The molecule has 0 aliphatic heterocycles. The Bertz CT molecular complexity index is 575. The fourth-order valence-electron chi connectivity index (χ4n) is 4.06. The van der Waals surface area contributed by atoms with Crippen LogP contribution in [0.1, 0.15) is 42.9 Å². The quantitative estimate of drug-likeness (QED) is 0.894. The third kappa shape index (κ3) is 2.22. The maximum Gasteiger partial charge on any atom is 0.416 e. The number of halogens is 3. The highest BCUT2D eigenvalue weighted by Gasteiger charge is 2.55. The van der Waals surface area contributed by atoms with E-state index >= 15 is 0 Å². The monoisotopic (exact) mass is 295 g/mol. The SMILES string of the molecule is N#CC1(C(O)c2ccc(C(F)(F)F)cc2)CC2CCC1C2. The van der Waals surface area contributed by atoms with Gasteiger partial charge in [-0.2, -0.15) is 18.4 Å². The van der Waals surface area contributed by atoms with Gasteiger partial charge in [0.05, 0.1) is 23.2 Å². The molecule has 2 bridgehead atoms. The molecule has 0 amide bonds. The van der Waals surface area contributed by atoms with E-state index in [4.69, 9.17) is 0 Å². The Morgan fingerprint density at radius 1 is 1.24 bits per heavy atom. The van der Waals surface area contributed by atoms with Gasteiger partial charge in [-0.3, -0.25) is 0 Å². The molecule has 1 N–H and O–H groups in total. The second-order valence-electron chi connectivity index (χ2n) is 6.25. The first-order chi connectivity index (χ1) is 9.87. The smallest absolute Gasteiger partial charge is 0.387 e. The third-order valence-corrected chi connectivity index (χ3v) is 5.15. The van der Waals surface area contributed by atoms with Gasteiger partial charge < -0.3 is 5.11 Å². The molecule has 5 heteroatoms.